The number of hydrogen-bond acceptors (Lipinski definition) is 1. The first-order chi connectivity index (χ1) is 6.00. The van der Waals surface area contributed by atoms with E-state index in [0.717, 1.165) is 6.42 Å². The topological polar surface area (TPSA) is 12.9 Å². The second-order valence-corrected chi connectivity index (χ2v) is 12.2. The van der Waals surface area contributed by atoms with Gasteiger partial charge in [0.25, 0.3) is 0 Å². The van der Waals surface area contributed by atoms with Crippen LogP contribution in [0.3, 0.4) is 0 Å². The van der Waals surface area contributed by atoms with Crippen LogP contribution in [0.5, 0.6) is 0 Å². The molecule has 1 nitrogen and oxygen atoms in total. The molecule has 5 heteroatoms. The van der Waals surface area contributed by atoms with Crippen molar-refractivity contribution < 1.29 is 0 Å². The lowest BCUT2D eigenvalue weighted by atomic mass is 10.1. The molecule has 1 atom stereocenters. The molecule has 0 fully saturated rings. The molecule has 0 amide bonds. The van der Waals surface area contributed by atoms with Gasteiger partial charge >= 0.3 is 6.00 Å². The zero-order valence-electron chi connectivity index (χ0n) is 7.17. The summed E-state index contributed by atoms with van der Waals surface area (Å²) < 4.78 is 0. The number of hydrogen-bond donors (Lipinski definition) is 0. The van der Waals surface area contributed by atoms with Gasteiger partial charge in [-0.25, -0.2) is 0 Å². The van der Waals surface area contributed by atoms with Gasteiger partial charge in [0.1, 0.15) is 0 Å². The van der Waals surface area contributed by atoms with Crippen molar-refractivity contribution >= 4 is 39.2 Å². The molecule has 0 aliphatic carbocycles. The largest absolute Gasteiger partial charge is 0.344 e. The third kappa shape index (κ3) is 3.86. The smallest absolute Gasteiger partial charge is 0.265 e. The minimum atomic E-state index is -2.55. The maximum absolute atomic E-state index is 5.89. The van der Waals surface area contributed by atoms with Gasteiger partial charge in [0, 0.05) is 12.4 Å². The van der Waals surface area contributed by atoms with E-state index in [0.29, 0.717) is 0 Å². The van der Waals surface area contributed by atoms with Gasteiger partial charge in [-0.3, -0.25) is 4.98 Å². The Kier molecular flexibility index (Phi) is 4.04. The van der Waals surface area contributed by atoms with Gasteiger partial charge in [-0.1, -0.05) is 6.92 Å². The highest BCUT2D eigenvalue weighted by atomic mass is 35.8. The van der Waals surface area contributed by atoms with Gasteiger partial charge < -0.3 is 0 Å². The van der Waals surface area contributed by atoms with Crippen molar-refractivity contribution in [3.8, 4) is 0 Å². The zero-order valence-corrected chi connectivity index (χ0v) is 10.4. The molecule has 0 aliphatic heterocycles. The standard InChI is InChI=1S/C8H10Cl3NSi/c1-7(13(9,10)11)6-8-2-4-12-5-3-8/h2-5,7H,6H2,1H3. The van der Waals surface area contributed by atoms with Gasteiger partial charge in [-0.05, 0) is 29.7 Å². The SMILES string of the molecule is CC(Cc1ccncc1)[Si](Cl)(Cl)Cl. The molecule has 1 aromatic heterocycles. The van der Waals surface area contributed by atoms with E-state index in [4.69, 9.17) is 33.2 Å². The molecule has 13 heavy (non-hydrogen) atoms. The summed E-state index contributed by atoms with van der Waals surface area (Å²) in [4.78, 5) is 3.93. The zero-order chi connectivity index (χ0) is 9.90. The van der Waals surface area contributed by atoms with Crippen molar-refractivity contribution in [1.82, 2.24) is 4.98 Å². The minimum absolute atomic E-state index is 0.139. The van der Waals surface area contributed by atoms with Crippen LogP contribution in [0.4, 0.5) is 0 Å². The van der Waals surface area contributed by atoms with Crippen LogP contribution in [0.1, 0.15) is 12.5 Å². The molecule has 0 bridgehead atoms. The first-order valence-electron chi connectivity index (χ1n) is 3.96. The van der Waals surface area contributed by atoms with E-state index < -0.39 is 6.00 Å². The Balaban J connectivity index is 2.61. The highest BCUT2D eigenvalue weighted by Crippen LogP contribution is 2.35. The van der Waals surface area contributed by atoms with Crippen molar-refractivity contribution in [3.63, 3.8) is 0 Å². The monoisotopic (exact) mass is 253 g/mol. The maximum atomic E-state index is 5.89. The minimum Gasteiger partial charge on any atom is -0.265 e. The summed E-state index contributed by atoms with van der Waals surface area (Å²) in [6.07, 6.45) is 4.31. The molecule has 1 aromatic rings. The summed E-state index contributed by atoms with van der Waals surface area (Å²) in [6, 6.07) is 1.34. The number of nitrogens with zero attached hydrogens (tertiary/aromatic N) is 1. The van der Waals surface area contributed by atoms with E-state index >= 15 is 0 Å². The predicted octanol–water partition coefficient (Wildman–Crippen LogP) is 3.67. The molecule has 0 saturated heterocycles. The van der Waals surface area contributed by atoms with E-state index in [2.05, 4.69) is 4.98 Å². The molecule has 1 rings (SSSR count). The van der Waals surface area contributed by atoms with Gasteiger partial charge in [0.15, 0.2) is 0 Å². The molecule has 72 valence electrons. The van der Waals surface area contributed by atoms with E-state index in [9.17, 15) is 0 Å². The molecule has 0 N–H and O–H groups in total. The van der Waals surface area contributed by atoms with Crippen LogP contribution in [0.25, 0.3) is 0 Å². The van der Waals surface area contributed by atoms with Crippen molar-refractivity contribution in [2.24, 2.45) is 0 Å². The van der Waals surface area contributed by atoms with Gasteiger partial charge in [-0.15, -0.1) is 33.2 Å². The van der Waals surface area contributed by atoms with Gasteiger partial charge in [0.05, 0.1) is 0 Å². The molecule has 0 aromatic carbocycles. The second-order valence-electron chi connectivity index (χ2n) is 3.00. The van der Waals surface area contributed by atoms with Crippen LogP contribution in [0.2, 0.25) is 5.54 Å². The van der Waals surface area contributed by atoms with Crippen LogP contribution < -0.4 is 0 Å². The molecular weight excluding hydrogens is 245 g/mol. The van der Waals surface area contributed by atoms with Crippen molar-refractivity contribution in [2.45, 2.75) is 18.9 Å². The van der Waals surface area contributed by atoms with Crippen LogP contribution in [-0.2, 0) is 6.42 Å². The molecule has 0 radical (unpaired) electrons. The Labute approximate surface area is 93.2 Å². The van der Waals surface area contributed by atoms with Crippen molar-refractivity contribution in [3.05, 3.63) is 30.1 Å². The maximum Gasteiger partial charge on any atom is 0.344 e. The fourth-order valence-corrected chi connectivity index (χ4v) is 2.15. The molecule has 0 spiro atoms. The molecule has 1 unspecified atom stereocenters. The Morgan fingerprint density at radius 3 is 2.31 bits per heavy atom. The Bertz CT molecular complexity index is 260. The molecule has 0 saturated carbocycles. The first kappa shape index (κ1) is 11.3. The lowest BCUT2D eigenvalue weighted by Crippen LogP contribution is -2.18. The fraction of sp³-hybridized carbons (Fsp3) is 0.375. The van der Waals surface area contributed by atoms with Crippen LogP contribution in [0.15, 0.2) is 24.5 Å². The number of pyridine rings is 1. The highest BCUT2D eigenvalue weighted by molar-refractivity contribution is 7.65. The van der Waals surface area contributed by atoms with Crippen LogP contribution in [0, 0.1) is 0 Å². The summed E-state index contributed by atoms with van der Waals surface area (Å²) in [5.41, 5.74) is 1.31. The molecular formula is C8H10Cl3NSi. The highest BCUT2D eigenvalue weighted by Gasteiger charge is 2.32. The molecule has 1 heterocycles. The number of halogens is 3. The predicted molar refractivity (Wildman–Crippen MR) is 60.7 cm³/mol. The van der Waals surface area contributed by atoms with Gasteiger partial charge in [-0.2, -0.15) is 0 Å². The normalized spacial score (nSPS) is 14.2. The van der Waals surface area contributed by atoms with E-state index in [1.165, 1.54) is 5.56 Å². The third-order valence-electron chi connectivity index (χ3n) is 1.85. The lowest BCUT2D eigenvalue weighted by Gasteiger charge is -2.16. The average molecular weight is 255 g/mol. The first-order valence-corrected chi connectivity index (χ1v) is 9.07. The lowest BCUT2D eigenvalue weighted by molar-refractivity contribution is 0.901. The Morgan fingerprint density at radius 1 is 1.31 bits per heavy atom. The van der Waals surface area contributed by atoms with Crippen molar-refractivity contribution in [1.29, 1.82) is 0 Å². The van der Waals surface area contributed by atoms with Gasteiger partial charge in [0.2, 0.25) is 0 Å². The number of rotatable bonds is 3. The summed E-state index contributed by atoms with van der Waals surface area (Å²) in [7, 11) is 0. The Morgan fingerprint density at radius 2 is 1.85 bits per heavy atom. The second kappa shape index (κ2) is 4.65. The quantitative estimate of drug-likeness (QED) is 0.592. The van der Waals surface area contributed by atoms with E-state index in [-0.39, 0.29) is 5.54 Å². The third-order valence-corrected chi connectivity index (χ3v) is 6.52. The average Bonchev–Trinajstić information content (AvgIpc) is 2.04. The summed E-state index contributed by atoms with van der Waals surface area (Å²) in [5, 5.41) is 0. The Hall–Kier alpha value is 0.237. The van der Waals surface area contributed by atoms with E-state index in [1.807, 2.05) is 19.1 Å². The number of aromatic nitrogens is 1. The van der Waals surface area contributed by atoms with Crippen LogP contribution >= 0.6 is 33.2 Å². The van der Waals surface area contributed by atoms with Crippen LogP contribution in [-0.4, -0.2) is 11.0 Å². The summed E-state index contributed by atoms with van der Waals surface area (Å²) in [6.45, 7) is 1.97. The van der Waals surface area contributed by atoms with Crippen molar-refractivity contribution in [2.75, 3.05) is 0 Å². The molecule has 0 aliphatic rings. The summed E-state index contributed by atoms with van der Waals surface area (Å²) >= 11 is 17.7. The fourth-order valence-electron chi connectivity index (χ4n) is 0.988. The van der Waals surface area contributed by atoms with E-state index in [1.54, 1.807) is 12.4 Å². The summed E-state index contributed by atoms with van der Waals surface area (Å²) in [5.74, 6) is 0.